The number of nitrogens with one attached hydrogen (secondary N) is 1. The highest BCUT2D eigenvalue weighted by atomic mass is 35.5. The van der Waals surface area contributed by atoms with Crippen molar-refractivity contribution in [2.75, 3.05) is 31.6 Å². The number of hydrogen-bond donors (Lipinski definition) is 2. The number of carboxylic acid groups (broad SMARTS) is 1. The second kappa shape index (κ2) is 8.91. The second-order valence-corrected chi connectivity index (χ2v) is 6.48. The molecule has 0 radical (unpaired) electrons. The fourth-order valence-electron chi connectivity index (χ4n) is 2.51. The summed E-state index contributed by atoms with van der Waals surface area (Å²) in [5.41, 5.74) is 1.23. The number of morpholine rings is 1. The molecule has 1 aromatic heterocycles. The van der Waals surface area contributed by atoms with Crippen LogP contribution in [0, 0.1) is 11.8 Å². The van der Waals surface area contributed by atoms with Gasteiger partial charge in [0.1, 0.15) is 5.82 Å². The molecule has 2 heterocycles. The number of ether oxygens (including phenoxy) is 1. The van der Waals surface area contributed by atoms with Gasteiger partial charge in [-0.15, -0.1) is 0 Å². The zero-order chi connectivity index (χ0) is 19.2. The fourth-order valence-corrected chi connectivity index (χ4v) is 2.83. The lowest BCUT2D eigenvalue weighted by Crippen LogP contribution is -2.47. The molecule has 1 aliphatic heterocycles. The predicted octanol–water partition coefficient (Wildman–Crippen LogP) is 2.97. The van der Waals surface area contributed by atoms with Gasteiger partial charge in [-0.1, -0.05) is 35.6 Å². The lowest BCUT2D eigenvalue weighted by Gasteiger charge is -2.31. The Balaban J connectivity index is 1.73. The van der Waals surface area contributed by atoms with E-state index in [2.05, 4.69) is 27.1 Å². The first-order valence-electron chi connectivity index (χ1n) is 8.15. The van der Waals surface area contributed by atoms with Crippen LogP contribution in [0.15, 0.2) is 30.5 Å². The van der Waals surface area contributed by atoms with E-state index in [4.69, 9.17) is 33.0 Å². The number of anilines is 1. The quantitative estimate of drug-likeness (QED) is 0.601. The maximum Gasteiger partial charge on any atom is 0.407 e. The molecule has 1 aliphatic rings. The van der Waals surface area contributed by atoms with E-state index in [0.717, 1.165) is 0 Å². The van der Waals surface area contributed by atoms with E-state index in [1.807, 2.05) is 18.2 Å². The van der Waals surface area contributed by atoms with Gasteiger partial charge in [0.05, 0.1) is 29.8 Å². The summed E-state index contributed by atoms with van der Waals surface area (Å²) >= 11 is 12.0. The summed E-state index contributed by atoms with van der Waals surface area (Å²) in [7, 11) is 0. The van der Waals surface area contributed by atoms with E-state index in [1.54, 1.807) is 6.07 Å². The van der Waals surface area contributed by atoms with Crippen molar-refractivity contribution >= 4 is 35.1 Å². The zero-order valence-electron chi connectivity index (χ0n) is 14.2. The van der Waals surface area contributed by atoms with Gasteiger partial charge in [-0.3, -0.25) is 0 Å². The molecular weight excluding hydrogens is 391 g/mol. The third kappa shape index (κ3) is 5.23. The van der Waals surface area contributed by atoms with Crippen molar-refractivity contribution in [2.24, 2.45) is 0 Å². The van der Waals surface area contributed by atoms with Crippen LogP contribution < -0.4 is 5.32 Å². The number of benzene rings is 1. The minimum atomic E-state index is -0.959. The van der Waals surface area contributed by atoms with Crippen LogP contribution in [0.5, 0.6) is 0 Å². The third-order valence-electron chi connectivity index (χ3n) is 3.87. The molecule has 1 amide bonds. The molecule has 7 nitrogen and oxygen atoms in total. The minimum Gasteiger partial charge on any atom is -0.465 e. The summed E-state index contributed by atoms with van der Waals surface area (Å²) in [6.45, 7) is 1.35. The van der Waals surface area contributed by atoms with Gasteiger partial charge < -0.3 is 20.1 Å². The number of aromatic nitrogens is 2. The molecule has 2 N–H and O–H groups in total. The normalized spacial score (nSPS) is 16.4. The standard InChI is InChI=1S/C18H16Cl2N4O3/c19-15-4-2-1-3-12(15)5-6-13-9-22-17(20)23-16(13)21-10-14-11-24(18(25)26)7-8-27-14/h1-4,9,14H,7-8,10-11H2,(H,25,26)(H,21,22,23). The third-order valence-corrected chi connectivity index (χ3v) is 4.38. The molecule has 27 heavy (non-hydrogen) atoms. The van der Waals surface area contributed by atoms with Gasteiger partial charge in [-0.05, 0) is 23.7 Å². The van der Waals surface area contributed by atoms with Gasteiger partial charge in [0, 0.05) is 24.8 Å². The molecule has 0 saturated carbocycles. The average Bonchev–Trinajstić information content (AvgIpc) is 2.67. The van der Waals surface area contributed by atoms with Gasteiger partial charge in [-0.2, -0.15) is 4.98 Å². The molecular formula is C18H16Cl2N4O3. The lowest BCUT2D eigenvalue weighted by atomic mass is 10.2. The largest absolute Gasteiger partial charge is 0.465 e. The molecule has 1 unspecified atom stereocenters. The van der Waals surface area contributed by atoms with Gasteiger partial charge >= 0.3 is 6.09 Å². The zero-order valence-corrected chi connectivity index (χ0v) is 15.7. The summed E-state index contributed by atoms with van der Waals surface area (Å²) in [6, 6.07) is 7.26. The Morgan fingerprint density at radius 1 is 1.33 bits per heavy atom. The van der Waals surface area contributed by atoms with Crippen molar-refractivity contribution in [3.63, 3.8) is 0 Å². The topological polar surface area (TPSA) is 87.6 Å². The molecule has 2 aromatic rings. The second-order valence-electron chi connectivity index (χ2n) is 5.73. The van der Waals surface area contributed by atoms with E-state index in [1.165, 1.54) is 11.1 Å². The Morgan fingerprint density at radius 3 is 2.89 bits per heavy atom. The van der Waals surface area contributed by atoms with Crippen LogP contribution in [0.3, 0.4) is 0 Å². The Bertz CT molecular complexity index is 898. The summed E-state index contributed by atoms with van der Waals surface area (Å²) < 4.78 is 5.60. The number of carbonyl (C=O) groups is 1. The van der Waals surface area contributed by atoms with Crippen LogP contribution >= 0.6 is 23.2 Å². The maximum atomic E-state index is 11.1. The van der Waals surface area contributed by atoms with E-state index in [9.17, 15) is 4.79 Å². The Morgan fingerprint density at radius 2 is 2.11 bits per heavy atom. The van der Waals surface area contributed by atoms with Crippen molar-refractivity contribution in [2.45, 2.75) is 6.10 Å². The van der Waals surface area contributed by atoms with Gasteiger partial charge in [0.25, 0.3) is 0 Å². The SMILES string of the molecule is O=C(O)N1CCOC(CNc2nc(Cl)ncc2C#Cc2ccccc2Cl)C1. The van der Waals surface area contributed by atoms with Crippen molar-refractivity contribution in [1.82, 2.24) is 14.9 Å². The van der Waals surface area contributed by atoms with Crippen LogP contribution in [0.25, 0.3) is 0 Å². The highest BCUT2D eigenvalue weighted by Gasteiger charge is 2.23. The smallest absolute Gasteiger partial charge is 0.407 e. The first kappa shape index (κ1) is 19.2. The molecule has 1 saturated heterocycles. The predicted molar refractivity (Wildman–Crippen MR) is 102 cm³/mol. The number of amides is 1. The van der Waals surface area contributed by atoms with E-state index >= 15 is 0 Å². The number of nitrogens with zero attached hydrogens (tertiary/aromatic N) is 3. The Labute approximate surface area is 166 Å². The molecule has 0 spiro atoms. The summed E-state index contributed by atoms with van der Waals surface area (Å²) in [6.07, 6.45) is 0.264. The number of rotatable bonds is 3. The van der Waals surface area contributed by atoms with Crippen LogP contribution in [0.1, 0.15) is 11.1 Å². The summed E-state index contributed by atoms with van der Waals surface area (Å²) in [4.78, 5) is 20.6. The van der Waals surface area contributed by atoms with Crippen molar-refractivity contribution < 1.29 is 14.6 Å². The Kier molecular flexibility index (Phi) is 6.35. The number of halogens is 2. The first-order valence-corrected chi connectivity index (χ1v) is 8.91. The summed E-state index contributed by atoms with van der Waals surface area (Å²) in [5, 5.41) is 12.9. The van der Waals surface area contributed by atoms with E-state index < -0.39 is 6.09 Å². The van der Waals surface area contributed by atoms with Gasteiger partial charge in [-0.25, -0.2) is 9.78 Å². The molecule has 0 aliphatic carbocycles. The number of hydrogen-bond acceptors (Lipinski definition) is 5. The molecule has 1 aromatic carbocycles. The van der Waals surface area contributed by atoms with Gasteiger partial charge in [0.15, 0.2) is 0 Å². The van der Waals surface area contributed by atoms with Crippen molar-refractivity contribution in [1.29, 1.82) is 0 Å². The van der Waals surface area contributed by atoms with Gasteiger partial charge in [0.2, 0.25) is 5.28 Å². The van der Waals surface area contributed by atoms with Crippen molar-refractivity contribution in [3.8, 4) is 11.8 Å². The molecule has 3 rings (SSSR count). The average molecular weight is 407 g/mol. The monoisotopic (exact) mass is 406 g/mol. The van der Waals surface area contributed by atoms with E-state index in [-0.39, 0.29) is 17.9 Å². The minimum absolute atomic E-state index is 0.0810. The first-order chi connectivity index (χ1) is 13.0. The van der Waals surface area contributed by atoms with Crippen molar-refractivity contribution in [3.05, 3.63) is 51.9 Å². The van der Waals surface area contributed by atoms with Crippen LogP contribution in [0.4, 0.5) is 10.6 Å². The van der Waals surface area contributed by atoms with Crippen LogP contribution in [-0.2, 0) is 4.74 Å². The molecule has 1 atom stereocenters. The van der Waals surface area contributed by atoms with Crippen LogP contribution in [0.2, 0.25) is 10.3 Å². The maximum absolute atomic E-state index is 11.1. The molecule has 0 bridgehead atoms. The highest BCUT2D eigenvalue weighted by Crippen LogP contribution is 2.17. The van der Waals surface area contributed by atoms with Crippen LogP contribution in [-0.4, -0.2) is 58.4 Å². The highest BCUT2D eigenvalue weighted by molar-refractivity contribution is 6.31. The lowest BCUT2D eigenvalue weighted by molar-refractivity contribution is -0.0148. The molecule has 9 heteroatoms. The summed E-state index contributed by atoms with van der Waals surface area (Å²) in [5.74, 6) is 6.42. The fraction of sp³-hybridized carbons (Fsp3) is 0.278. The van der Waals surface area contributed by atoms with E-state index in [0.29, 0.717) is 41.7 Å². The molecule has 1 fully saturated rings. The Hall–Kier alpha value is -2.53. The molecule has 140 valence electrons.